The van der Waals surface area contributed by atoms with E-state index in [1.54, 1.807) is 10.4 Å². The van der Waals surface area contributed by atoms with Crippen LogP contribution in [-0.2, 0) is 9.53 Å². The minimum Gasteiger partial charge on any atom is -0.465 e. The molecule has 0 aliphatic heterocycles. The van der Waals surface area contributed by atoms with Gasteiger partial charge in [0.25, 0.3) is 0 Å². The van der Waals surface area contributed by atoms with Crippen LogP contribution in [-0.4, -0.2) is 30.0 Å². The number of ether oxygens (including phenoxy) is 1. The third-order valence-electron chi connectivity index (χ3n) is 6.40. The summed E-state index contributed by atoms with van der Waals surface area (Å²) in [5.41, 5.74) is 5.02. The smallest absolute Gasteiger partial charge is 0.350 e. The zero-order valence-electron chi connectivity index (χ0n) is 20.5. The first kappa shape index (κ1) is 25.2. The summed E-state index contributed by atoms with van der Waals surface area (Å²) in [4.78, 5) is 33.7. The average Bonchev–Trinajstić information content (AvgIpc) is 3.53. The maximum absolute atomic E-state index is 13.6. The van der Waals surface area contributed by atoms with Crippen molar-refractivity contribution in [1.29, 1.82) is 0 Å². The van der Waals surface area contributed by atoms with Crippen molar-refractivity contribution in [2.45, 2.75) is 52.5 Å². The third kappa shape index (κ3) is 5.83. The molecule has 1 aliphatic carbocycles. The Labute approximate surface area is 215 Å². The number of anilines is 1. The van der Waals surface area contributed by atoms with Gasteiger partial charge in [-0.3, -0.25) is 4.79 Å². The predicted octanol–water partition coefficient (Wildman–Crippen LogP) is 6.63. The summed E-state index contributed by atoms with van der Waals surface area (Å²) in [7, 11) is 1.38. The second-order valence-corrected chi connectivity index (χ2v) is 11.0. The Bertz CT molecular complexity index is 1230. The maximum atomic E-state index is 13.6. The van der Waals surface area contributed by atoms with Crippen LogP contribution in [0.2, 0.25) is 0 Å². The van der Waals surface area contributed by atoms with Gasteiger partial charge in [-0.2, -0.15) is 0 Å². The number of esters is 1. The molecule has 3 aromatic rings. The van der Waals surface area contributed by atoms with Crippen LogP contribution in [0.15, 0.2) is 41.2 Å². The molecule has 0 N–H and O–H groups in total. The lowest BCUT2D eigenvalue weighted by atomic mass is 9.82. The van der Waals surface area contributed by atoms with E-state index in [9.17, 15) is 9.59 Å². The first-order chi connectivity index (χ1) is 16.9. The highest BCUT2D eigenvalue weighted by molar-refractivity contribution is 7.18. The number of aromatic nitrogens is 1. The van der Waals surface area contributed by atoms with E-state index in [1.165, 1.54) is 29.8 Å². The summed E-state index contributed by atoms with van der Waals surface area (Å²) >= 11 is 2.88. The second-order valence-electron chi connectivity index (χ2n) is 9.28. The lowest BCUT2D eigenvalue weighted by molar-refractivity contribution is -0.123. The van der Waals surface area contributed by atoms with Crippen molar-refractivity contribution < 1.29 is 14.3 Å². The second kappa shape index (κ2) is 11.2. The molecule has 1 aromatic carbocycles. The third-order valence-corrected chi connectivity index (χ3v) is 8.14. The lowest BCUT2D eigenvalue weighted by Crippen LogP contribution is -2.42. The van der Waals surface area contributed by atoms with E-state index in [4.69, 9.17) is 4.74 Å². The number of hydrogen-bond donors (Lipinski definition) is 0. The molecule has 182 valence electrons. The number of carbonyl (C=O) groups is 2. The Morgan fingerprint density at radius 1 is 1.11 bits per heavy atom. The van der Waals surface area contributed by atoms with Crippen molar-refractivity contribution in [2.24, 2.45) is 11.8 Å². The van der Waals surface area contributed by atoms with Gasteiger partial charge in [0.15, 0.2) is 0 Å². The number of thiophene rings is 1. The molecule has 2 heterocycles. The van der Waals surface area contributed by atoms with E-state index >= 15 is 0 Å². The first-order valence-corrected chi connectivity index (χ1v) is 13.7. The molecule has 1 amide bonds. The van der Waals surface area contributed by atoms with Gasteiger partial charge in [-0.25, -0.2) is 9.78 Å². The van der Waals surface area contributed by atoms with Gasteiger partial charge < -0.3 is 9.64 Å². The van der Waals surface area contributed by atoms with Gasteiger partial charge in [0.1, 0.15) is 10.6 Å². The fourth-order valence-corrected chi connectivity index (χ4v) is 5.98. The number of hydrogen-bond acceptors (Lipinski definition) is 6. The van der Waals surface area contributed by atoms with Crippen LogP contribution < -0.4 is 4.90 Å². The summed E-state index contributed by atoms with van der Waals surface area (Å²) in [6, 6.07) is 9.78. The van der Waals surface area contributed by atoms with Crippen molar-refractivity contribution in [3.8, 4) is 22.3 Å². The molecule has 5 nitrogen and oxygen atoms in total. The number of nitrogens with zero attached hydrogens (tertiary/aromatic N) is 2. The van der Waals surface area contributed by atoms with Crippen molar-refractivity contribution in [3.05, 3.63) is 57.4 Å². The van der Waals surface area contributed by atoms with Crippen LogP contribution >= 0.6 is 22.7 Å². The van der Waals surface area contributed by atoms with E-state index in [2.05, 4.69) is 23.7 Å². The van der Waals surface area contributed by atoms with Gasteiger partial charge in [-0.1, -0.05) is 25.0 Å². The highest BCUT2D eigenvalue weighted by Crippen LogP contribution is 2.40. The average molecular weight is 507 g/mol. The maximum Gasteiger partial charge on any atom is 0.350 e. The van der Waals surface area contributed by atoms with Crippen molar-refractivity contribution in [2.75, 3.05) is 12.0 Å². The van der Waals surface area contributed by atoms with Crippen molar-refractivity contribution in [3.63, 3.8) is 0 Å². The van der Waals surface area contributed by atoms with Crippen LogP contribution in [0.1, 0.15) is 67.4 Å². The van der Waals surface area contributed by atoms with Crippen LogP contribution in [0.25, 0.3) is 10.4 Å². The number of rotatable bonds is 5. The lowest BCUT2D eigenvalue weighted by Gasteiger charge is -2.33. The van der Waals surface area contributed by atoms with E-state index < -0.39 is 5.97 Å². The molecule has 1 saturated carbocycles. The molecule has 0 atom stereocenters. The van der Waals surface area contributed by atoms with Crippen LogP contribution in [0, 0.1) is 23.7 Å². The van der Waals surface area contributed by atoms with Gasteiger partial charge >= 0.3 is 5.97 Å². The Morgan fingerprint density at radius 2 is 1.83 bits per heavy atom. The zero-order valence-corrected chi connectivity index (χ0v) is 22.2. The molecule has 35 heavy (non-hydrogen) atoms. The zero-order chi connectivity index (χ0) is 24.9. The number of carbonyl (C=O) groups excluding carboxylic acids is 2. The molecule has 1 aliphatic rings. The van der Waals surface area contributed by atoms with Gasteiger partial charge in [-0.05, 0) is 75.1 Å². The molecular formula is C28H30N2O3S2. The highest BCUT2D eigenvalue weighted by Gasteiger charge is 2.33. The summed E-state index contributed by atoms with van der Waals surface area (Å²) in [6.45, 7) is 6.24. The van der Waals surface area contributed by atoms with Gasteiger partial charge in [0.2, 0.25) is 5.91 Å². The topological polar surface area (TPSA) is 59.5 Å². The van der Waals surface area contributed by atoms with Crippen LogP contribution in [0.3, 0.4) is 0 Å². The van der Waals surface area contributed by atoms with Crippen LogP contribution in [0.5, 0.6) is 0 Å². The molecule has 0 bridgehead atoms. The Balaban J connectivity index is 1.65. The molecular weight excluding hydrogens is 476 g/mol. The number of methoxy groups -OCH3 is 1. The van der Waals surface area contributed by atoms with Crippen LogP contribution in [0.4, 0.5) is 5.69 Å². The summed E-state index contributed by atoms with van der Waals surface area (Å²) in [5.74, 6) is 6.53. The molecule has 2 aromatic heterocycles. The molecule has 7 heteroatoms. The van der Waals surface area contributed by atoms with E-state index in [1.807, 2.05) is 49.6 Å². The number of benzene rings is 1. The Hall–Kier alpha value is -2.95. The van der Waals surface area contributed by atoms with Gasteiger partial charge in [-0.15, -0.1) is 22.7 Å². The summed E-state index contributed by atoms with van der Waals surface area (Å²) in [5, 5.41) is 1.92. The predicted molar refractivity (Wildman–Crippen MR) is 143 cm³/mol. The Morgan fingerprint density at radius 3 is 2.43 bits per heavy atom. The largest absolute Gasteiger partial charge is 0.465 e. The molecule has 1 fully saturated rings. The summed E-state index contributed by atoms with van der Waals surface area (Å²) in [6.07, 6.45) is 3.94. The normalized spacial score (nSPS) is 17.5. The fraction of sp³-hybridized carbons (Fsp3) is 0.393. The van der Waals surface area contributed by atoms with Crippen molar-refractivity contribution >= 4 is 40.2 Å². The summed E-state index contributed by atoms with van der Waals surface area (Å²) < 4.78 is 5.09. The Kier molecular flexibility index (Phi) is 8.04. The minimum absolute atomic E-state index is 0.00183. The SMILES string of the molecule is COC(=O)c1sc(-c2ccc(C#Cc3cscn3)cc2)cc1N(C(=O)C1CCC(C)CC1)C(C)C. The monoisotopic (exact) mass is 506 g/mol. The first-order valence-electron chi connectivity index (χ1n) is 11.9. The van der Waals surface area contributed by atoms with Gasteiger partial charge in [0.05, 0.1) is 18.3 Å². The number of amides is 1. The fourth-order valence-electron chi connectivity index (χ4n) is 4.42. The van der Waals surface area contributed by atoms with Crippen molar-refractivity contribution in [1.82, 2.24) is 4.98 Å². The molecule has 0 saturated heterocycles. The molecule has 0 radical (unpaired) electrons. The number of thiazole rings is 1. The van der Waals surface area contributed by atoms with E-state index in [0.717, 1.165) is 47.4 Å². The van der Waals surface area contributed by atoms with E-state index in [-0.39, 0.29) is 17.9 Å². The molecule has 0 unspecified atom stereocenters. The highest BCUT2D eigenvalue weighted by atomic mass is 32.1. The van der Waals surface area contributed by atoms with E-state index in [0.29, 0.717) is 16.5 Å². The minimum atomic E-state index is -0.419. The van der Waals surface area contributed by atoms with Gasteiger partial charge in [0, 0.05) is 27.8 Å². The standard InChI is InChI=1S/C28H30N2O3S2/c1-18(2)30(27(31)22-10-5-19(3)6-11-22)24-15-25(35-26(24)28(32)33-4)21-12-7-20(8-13-21)9-14-23-16-34-17-29-23/h7-8,12-13,15-19,22H,5-6,10-11H2,1-4H3. The molecule has 0 spiro atoms. The quantitative estimate of drug-likeness (QED) is 0.288. The molecule has 4 rings (SSSR count).